The van der Waals surface area contributed by atoms with Crippen molar-refractivity contribution in [3.63, 3.8) is 0 Å². The van der Waals surface area contributed by atoms with E-state index in [4.69, 9.17) is 5.26 Å². The van der Waals surface area contributed by atoms with Crippen molar-refractivity contribution in [1.29, 1.82) is 5.26 Å². The maximum Gasteiger partial charge on any atom is 0.319 e. The highest BCUT2D eigenvalue weighted by atomic mass is 16.3. The van der Waals surface area contributed by atoms with Crippen LogP contribution in [0.25, 0.3) is 0 Å². The van der Waals surface area contributed by atoms with Crippen LogP contribution in [0.15, 0.2) is 24.3 Å². The quantitative estimate of drug-likeness (QED) is 0.872. The lowest BCUT2D eigenvalue weighted by Gasteiger charge is -2.24. The first-order valence-electron chi connectivity index (χ1n) is 5.56. The van der Waals surface area contributed by atoms with Crippen LogP contribution in [0.1, 0.15) is 17.2 Å². The SMILES string of the molecule is CN(C)C(=O)N(C)CC(O)c1ccc(C#N)cc1. The maximum atomic E-state index is 11.6. The van der Waals surface area contributed by atoms with E-state index in [9.17, 15) is 9.90 Å². The number of hydrogen-bond donors (Lipinski definition) is 1. The standard InChI is InChI=1S/C13H17N3O2/c1-15(2)13(18)16(3)9-12(17)11-6-4-10(8-14)5-7-11/h4-7,12,17H,9H2,1-3H3. The van der Waals surface area contributed by atoms with E-state index in [-0.39, 0.29) is 12.6 Å². The molecule has 1 aromatic carbocycles. The molecule has 96 valence electrons. The Bertz CT molecular complexity index is 448. The second kappa shape index (κ2) is 6.03. The molecule has 0 fully saturated rings. The van der Waals surface area contributed by atoms with Gasteiger partial charge in [0.15, 0.2) is 0 Å². The normalized spacial score (nSPS) is 11.5. The zero-order valence-electron chi connectivity index (χ0n) is 10.8. The van der Waals surface area contributed by atoms with Gasteiger partial charge in [0.25, 0.3) is 0 Å². The van der Waals surface area contributed by atoms with Crippen molar-refractivity contribution in [2.24, 2.45) is 0 Å². The lowest BCUT2D eigenvalue weighted by Crippen LogP contribution is -2.38. The molecule has 1 aromatic rings. The van der Waals surface area contributed by atoms with Crippen molar-refractivity contribution in [3.05, 3.63) is 35.4 Å². The number of carbonyl (C=O) groups is 1. The first kappa shape index (κ1) is 14.0. The molecular weight excluding hydrogens is 230 g/mol. The minimum Gasteiger partial charge on any atom is -0.387 e. The van der Waals surface area contributed by atoms with Gasteiger partial charge < -0.3 is 14.9 Å². The minimum atomic E-state index is -0.758. The van der Waals surface area contributed by atoms with Crippen LogP contribution in [0.5, 0.6) is 0 Å². The zero-order valence-corrected chi connectivity index (χ0v) is 10.8. The Morgan fingerprint density at radius 2 is 1.89 bits per heavy atom. The van der Waals surface area contributed by atoms with Crippen molar-refractivity contribution in [3.8, 4) is 6.07 Å². The number of aliphatic hydroxyl groups is 1. The molecule has 5 heteroatoms. The van der Waals surface area contributed by atoms with Crippen LogP contribution < -0.4 is 0 Å². The number of carbonyl (C=O) groups excluding carboxylic acids is 1. The van der Waals surface area contributed by atoms with Crippen LogP contribution in [0, 0.1) is 11.3 Å². The summed E-state index contributed by atoms with van der Waals surface area (Å²) in [5, 5.41) is 18.7. The molecule has 0 bridgehead atoms. The molecule has 2 amide bonds. The Balaban J connectivity index is 2.67. The van der Waals surface area contributed by atoms with Gasteiger partial charge in [0.1, 0.15) is 0 Å². The van der Waals surface area contributed by atoms with Gasteiger partial charge in [0.05, 0.1) is 24.3 Å². The predicted molar refractivity (Wildman–Crippen MR) is 67.8 cm³/mol. The Hall–Kier alpha value is -2.06. The molecule has 5 nitrogen and oxygen atoms in total. The highest BCUT2D eigenvalue weighted by molar-refractivity contribution is 5.73. The highest BCUT2D eigenvalue weighted by Gasteiger charge is 2.16. The van der Waals surface area contributed by atoms with Crippen molar-refractivity contribution < 1.29 is 9.90 Å². The number of benzene rings is 1. The van der Waals surface area contributed by atoms with Crippen LogP contribution in [0.4, 0.5) is 4.79 Å². The number of urea groups is 1. The average Bonchev–Trinajstić information content (AvgIpc) is 2.37. The molecular formula is C13H17N3O2. The summed E-state index contributed by atoms with van der Waals surface area (Å²) in [5.74, 6) is 0. The third kappa shape index (κ3) is 3.47. The van der Waals surface area contributed by atoms with E-state index in [1.807, 2.05) is 6.07 Å². The molecule has 0 aliphatic heterocycles. The summed E-state index contributed by atoms with van der Waals surface area (Å²) in [4.78, 5) is 14.5. The molecule has 0 spiro atoms. The Labute approximate surface area is 107 Å². The van der Waals surface area contributed by atoms with Gasteiger partial charge in [0, 0.05) is 21.1 Å². The summed E-state index contributed by atoms with van der Waals surface area (Å²) in [5.41, 5.74) is 1.23. The largest absolute Gasteiger partial charge is 0.387 e. The van der Waals surface area contributed by atoms with Crippen molar-refractivity contribution in [1.82, 2.24) is 9.80 Å². The van der Waals surface area contributed by atoms with Crippen molar-refractivity contribution in [2.45, 2.75) is 6.10 Å². The summed E-state index contributed by atoms with van der Waals surface area (Å²) in [6, 6.07) is 8.52. The van der Waals surface area contributed by atoms with Gasteiger partial charge in [-0.3, -0.25) is 0 Å². The van der Waals surface area contributed by atoms with Gasteiger partial charge in [-0.25, -0.2) is 4.79 Å². The molecule has 1 atom stereocenters. The Kier molecular flexibility index (Phi) is 4.69. The molecule has 0 aliphatic carbocycles. The second-order valence-corrected chi connectivity index (χ2v) is 4.31. The Morgan fingerprint density at radius 3 is 2.33 bits per heavy atom. The minimum absolute atomic E-state index is 0.164. The smallest absolute Gasteiger partial charge is 0.319 e. The number of likely N-dealkylation sites (N-methyl/N-ethyl adjacent to an activating group) is 1. The van der Waals surface area contributed by atoms with E-state index in [1.54, 1.807) is 45.4 Å². The van der Waals surface area contributed by atoms with Gasteiger partial charge in [-0.2, -0.15) is 5.26 Å². The maximum absolute atomic E-state index is 11.6. The van der Waals surface area contributed by atoms with Gasteiger partial charge in [-0.15, -0.1) is 0 Å². The number of nitrogens with zero attached hydrogens (tertiary/aromatic N) is 3. The summed E-state index contributed by atoms with van der Waals surface area (Å²) >= 11 is 0. The van der Waals surface area contributed by atoms with Crippen LogP contribution in [0.2, 0.25) is 0 Å². The van der Waals surface area contributed by atoms with Gasteiger partial charge in [0.2, 0.25) is 0 Å². The van der Waals surface area contributed by atoms with Crippen LogP contribution in [0.3, 0.4) is 0 Å². The van der Waals surface area contributed by atoms with E-state index in [0.29, 0.717) is 11.1 Å². The lowest BCUT2D eigenvalue weighted by atomic mass is 10.1. The number of aliphatic hydroxyl groups excluding tert-OH is 1. The number of hydrogen-bond acceptors (Lipinski definition) is 3. The van der Waals surface area contributed by atoms with Gasteiger partial charge in [-0.05, 0) is 17.7 Å². The lowest BCUT2D eigenvalue weighted by molar-refractivity contribution is 0.121. The summed E-state index contributed by atoms with van der Waals surface area (Å²) < 4.78 is 0. The average molecular weight is 247 g/mol. The number of amides is 2. The molecule has 0 aromatic heterocycles. The van der Waals surface area contributed by atoms with Crippen molar-refractivity contribution >= 4 is 6.03 Å². The van der Waals surface area contributed by atoms with E-state index >= 15 is 0 Å². The molecule has 0 saturated heterocycles. The van der Waals surface area contributed by atoms with Gasteiger partial charge in [-0.1, -0.05) is 12.1 Å². The molecule has 1 rings (SSSR count). The fourth-order valence-electron chi connectivity index (χ4n) is 1.56. The predicted octanol–water partition coefficient (Wildman–Crippen LogP) is 1.21. The molecule has 1 N–H and O–H groups in total. The first-order valence-corrected chi connectivity index (χ1v) is 5.56. The molecule has 18 heavy (non-hydrogen) atoms. The fraction of sp³-hybridized carbons (Fsp3) is 0.385. The highest BCUT2D eigenvalue weighted by Crippen LogP contribution is 2.14. The molecule has 0 radical (unpaired) electrons. The monoisotopic (exact) mass is 247 g/mol. The summed E-state index contributed by atoms with van der Waals surface area (Å²) in [6.07, 6.45) is -0.758. The van der Waals surface area contributed by atoms with Crippen LogP contribution in [-0.2, 0) is 0 Å². The number of rotatable bonds is 3. The Morgan fingerprint density at radius 1 is 1.33 bits per heavy atom. The third-order valence-corrected chi connectivity index (χ3v) is 2.58. The molecule has 0 aliphatic rings. The van der Waals surface area contributed by atoms with Crippen molar-refractivity contribution in [2.75, 3.05) is 27.7 Å². The van der Waals surface area contributed by atoms with Crippen LogP contribution >= 0.6 is 0 Å². The van der Waals surface area contributed by atoms with E-state index < -0.39 is 6.10 Å². The molecule has 0 saturated carbocycles. The summed E-state index contributed by atoms with van der Waals surface area (Å²) in [6.45, 7) is 0.211. The van der Waals surface area contributed by atoms with Crippen LogP contribution in [-0.4, -0.2) is 48.6 Å². The van der Waals surface area contributed by atoms with E-state index in [0.717, 1.165) is 0 Å². The molecule has 0 heterocycles. The number of nitriles is 1. The second-order valence-electron chi connectivity index (χ2n) is 4.31. The topological polar surface area (TPSA) is 67.6 Å². The summed E-state index contributed by atoms with van der Waals surface area (Å²) in [7, 11) is 4.95. The third-order valence-electron chi connectivity index (χ3n) is 2.58. The van der Waals surface area contributed by atoms with E-state index in [1.165, 1.54) is 9.80 Å². The van der Waals surface area contributed by atoms with E-state index in [2.05, 4.69) is 0 Å². The molecule has 1 unspecified atom stereocenters. The fourth-order valence-corrected chi connectivity index (χ4v) is 1.56. The first-order chi connectivity index (χ1) is 8.45. The zero-order chi connectivity index (χ0) is 13.7. The van der Waals surface area contributed by atoms with Gasteiger partial charge >= 0.3 is 6.03 Å².